The molecule has 0 saturated carbocycles. The highest BCUT2D eigenvalue weighted by Gasteiger charge is 2.30. The van der Waals surface area contributed by atoms with Crippen LogP contribution in [0.1, 0.15) is 52.0 Å². The maximum atomic E-state index is 13.1. The lowest BCUT2D eigenvalue weighted by atomic mass is 9.95. The van der Waals surface area contributed by atoms with Gasteiger partial charge in [-0.05, 0) is 68.3 Å². The number of rotatable bonds is 5. The number of halogens is 1. The first-order valence-corrected chi connectivity index (χ1v) is 11.7. The van der Waals surface area contributed by atoms with E-state index in [-0.39, 0.29) is 17.8 Å². The van der Waals surface area contributed by atoms with Gasteiger partial charge in [-0.2, -0.15) is 0 Å². The van der Waals surface area contributed by atoms with Crippen LogP contribution < -0.4 is 5.32 Å². The number of carbonyl (C=O) groups excluding carboxylic acids is 2. The summed E-state index contributed by atoms with van der Waals surface area (Å²) in [6.07, 6.45) is 5.90. The zero-order chi connectivity index (χ0) is 21.1. The number of esters is 1. The number of ether oxygens (including phenoxy) is 1. The molecule has 1 atom stereocenters. The predicted octanol–water partition coefficient (Wildman–Crippen LogP) is 4.92. The van der Waals surface area contributed by atoms with Crippen LogP contribution in [0.3, 0.4) is 0 Å². The van der Waals surface area contributed by atoms with E-state index >= 15 is 0 Å². The summed E-state index contributed by atoms with van der Waals surface area (Å²) in [5.74, 6) is -0.437. The number of amides is 1. The van der Waals surface area contributed by atoms with Crippen molar-refractivity contribution in [3.05, 3.63) is 50.9 Å². The summed E-state index contributed by atoms with van der Waals surface area (Å²) < 4.78 is 5.02. The van der Waals surface area contributed by atoms with Gasteiger partial charge in [0.1, 0.15) is 5.00 Å². The number of nitrogens with one attached hydrogen (secondary N) is 1. The first-order chi connectivity index (χ1) is 14.5. The molecule has 160 valence electrons. The molecular formula is C23H27ClN2O3S. The van der Waals surface area contributed by atoms with Crippen LogP contribution in [-0.2, 0) is 28.9 Å². The van der Waals surface area contributed by atoms with Gasteiger partial charge in [-0.15, -0.1) is 11.3 Å². The zero-order valence-corrected chi connectivity index (χ0v) is 18.8. The van der Waals surface area contributed by atoms with Crippen molar-refractivity contribution >= 4 is 39.8 Å². The van der Waals surface area contributed by atoms with Gasteiger partial charge in [-0.3, -0.25) is 9.69 Å². The number of likely N-dealkylation sites (tertiary alicyclic amines) is 1. The van der Waals surface area contributed by atoms with Gasteiger partial charge in [0.15, 0.2) is 0 Å². The van der Waals surface area contributed by atoms with Gasteiger partial charge in [0, 0.05) is 23.0 Å². The van der Waals surface area contributed by atoms with Crippen LogP contribution in [0.2, 0.25) is 5.02 Å². The second-order valence-corrected chi connectivity index (χ2v) is 9.64. The zero-order valence-electron chi connectivity index (χ0n) is 17.2. The molecule has 5 nitrogen and oxygen atoms in total. The minimum absolute atomic E-state index is 0.000411. The van der Waals surface area contributed by atoms with Crippen molar-refractivity contribution in [1.29, 1.82) is 0 Å². The molecule has 2 aromatic rings. The molecule has 1 N–H and O–H groups in total. The molecule has 1 amide bonds. The number of methoxy groups -OCH3 is 1. The fourth-order valence-electron chi connectivity index (χ4n) is 4.45. The topological polar surface area (TPSA) is 58.6 Å². The summed E-state index contributed by atoms with van der Waals surface area (Å²) in [5, 5.41) is 4.47. The van der Waals surface area contributed by atoms with Crippen molar-refractivity contribution in [1.82, 2.24) is 4.90 Å². The van der Waals surface area contributed by atoms with Crippen LogP contribution in [0.4, 0.5) is 5.00 Å². The Kier molecular flexibility index (Phi) is 6.76. The Morgan fingerprint density at radius 3 is 2.73 bits per heavy atom. The summed E-state index contributed by atoms with van der Waals surface area (Å²) in [5.41, 5.74) is 2.83. The highest BCUT2D eigenvalue weighted by atomic mass is 35.5. The Balaban J connectivity index is 1.45. The van der Waals surface area contributed by atoms with E-state index in [1.165, 1.54) is 17.6 Å². The first-order valence-electron chi connectivity index (χ1n) is 10.6. The molecule has 7 heteroatoms. The van der Waals surface area contributed by atoms with Crippen molar-refractivity contribution in [2.75, 3.05) is 25.5 Å². The second kappa shape index (κ2) is 9.50. The number of anilines is 1. The number of aryl methyl sites for hydroxylation is 1. The van der Waals surface area contributed by atoms with E-state index in [0.29, 0.717) is 17.1 Å². The Bertz CT molecular complexity index is 925. The number of piperidine rings is 1. The van der Waals surface area contributed by atoms with E-state index in [1.807, 2.05) is 24.3 Å². The Labute approximate surface area is 186 Å². The number of fused-ring (bicyclic) bond motifs is 1. The van der Waals surface area contributed by atoms with Crippen molar-refractivity contribution in [2.24, 2.45) is 5.92 Å². The third kappa shape index (κ3) is 4.71. The molecular weight excluding hydrogens is 420 g/mol. The van der Waals surface area contributed by atoms with Gasteiger partial charge in [0.2, 0.25) is 5.91 Å². The minimum Gasteiger partial charge on any atom is -0.465 e. The van der Waals surface area contributed by atoms with Gasteiger partial charge in [-0.1, -0.05) is 23.7 Å². The van der Waals surface area contributed by atoms with Crippen molar-refractivity contribution < 1.29 is 14.3 Å². The third-order valence-electron chi connectivity index (χ3n) is 5.99. The van der Waals surface area contributed by atoms with Crippen LogP contribution in [0, 0.1) is 5.92 Å². The van der Waals surface area contributed by atoms with E-state index in [9.17, 15) is 9.59 Å². The molecule has 1 unspecified atom stereocenters. The number of benzene rings is 1. The lowest BCUT2D eigenvalue weighted by molar-refractivity contribution is -0.121. The van der Waals surface area contributed by atoms with Gasteiger partial charge < -0.3 is 10.1 Å². The highest BCUT2D eigenvalue weighted by Crippen LogP contribution is 2.39. The van der Waals surface area contributed by atoms with Gasteiger partial charge in [0.25, 0.3) is 0 Å². The quantitative estimate of drug-likeness (QED) is 0.662. The summed E-state index contributed by atoms with van der Waals surface area (Å²) in [7, 11) is 1.40. The molecule has 1 fully saturated rings. The van der Waals surface area contributed by atoms with E-state index < -0.39 is 0 Å². The number of hydrogen-bond acceptors (Lipinski definition) is 5. The number of hydrogen-bond donors (Lipinski definition) is 1. The average Bonchev–Trinajstić information content (AvgIpc) is 3.13. The molecule has 1 aliphatic heterocycles. The predicted molar refractivity (Wildman–Crippen MR) is 120 cm³/mol. The SMILES string of the molecule is COC(=O)c1c(NC(=O)C2CCCN(Cc3ccc(Cl)cc3)C2)sc2c1CCCC2. The van der Waals surface area contributed by atoms with Crippen molar-refractivity contribution in [2.45, 2.75) is 45.1 Å². The first kappa shape index (κ1) is 21.3. The Morgan fingerprint density at radius 2 is 1.97 bits per heavy atom. The largest absolute Gasteiger partial charge is 0.465 e. The molecule has 0 spiro atoms. The third-order valence-corrected chi connectivity index (χ3v) is 7.45. The van der Waals surface area contributed by atoms with E-state index in [2.05, 4.69) is 10.2 Å². The molecule has 1 aliphatic carbocycles. The molecule has 2 heterocycles. The standard InChI is InChI=1S/C23H27ClN2O3S/c1-29-23(28)20-18-6-2-3-7-19(18)30-22(20)25-21(27)16-5-4-12-26(14-16)13-15-8-10-17(24)11-9-15/h8-11,16H,2-7,12-14H2,1H3,(H,25,27). The summed E-state index contributed by atoms with van der Waals surface area (Å²) in [6, 6.07) is 7.87. The second-order valence-electron chi connectivity index (χ2n) is 8.10. The fraction of sp³-hybridized carbons (Fsp3) is 0.478. The van der Waals surface area contributed by atoms with Gasteiger partial charge in [-0.25, -0.2) is 4.79 Å². The van der Waals surface area contributed by atoms with Gasteiger partial charge in [0.05, 0.1) is 18.6 Å². The minimum atomic E-state index is -0.349. The number of carbonyl (C=O) groups is 2. The normalized spacial score (nSPS) is 19.2. The fourth-order valence-corrected chi connectivity index (χ4v) is 5.85. The van der Waals surface area contributed by atoms with Crippen LogP contribution in [0.5, 0.6) is 0 Å². The maximum absolute atomic E-state index is 13.1. The lowest BCUT2D eigenvalue weighted by Gasteiger charge is -2.32. The molecule has 0 bridgehead atoms. The Morgan fingerprint density at radius 1 is 1.20 bits per heavy atom. The maximum Gasteiger partial charge on any atom is 0.341 e. The number of nitrogens with zero attached hydrogens (tertiary/aromatic N) is 1. The molecule has 1 aromatic carbocycles. The molecule has 4 rings (SSSR count). The van der Waals surface area contributed by atoms with Gasteiger partial charge >= 0.3 is 5.97 Å². The lowest BCUT2D eigenvalue weighted by Crippen LogP contribution is -2.40. The van der Waals surface area contributed by atoms with E-state index in [1.54, 1.807) is 11.3 Å². The molecule has 1 saturated heterocycles. The van der Waals surface area contributed by atoms with E-state index in [4.69, 9.17) is 16.3 Å². The highest BCUT2D eigenvalue weighted by molar-refractivity contribution is 7.17. The van der Waals surface area contributed by atoms with Crippen LogP contribution >= 0.6 is 22.9 Å². The van der Waals surface area contributed by atoms with Crippen LogP contribution in [0.25, 0.3) is 0 Å². The number of thiophene rings is 1. The van der Waals surface area contributed by atoms with Crippen molar-refractivity contribution in [3.63, 3.8) is 0 Å². The van der Waals surface area contributed by atoms with Crippen LogP contribution in [-0.4, -0.2) is 37.0 Å². The smallest absolute Gasteiger partial charge is 0.341 e. The molecule has 0 radical (unpaired) electrons. The van der Waals surface area contributed by atoms with E-state index in [0.717, 1.165) is 62.2 Å². The Hall–Kier alpha value is -1.89. The summed E-state index contributed by atoms with van der Waals surface area (Å²) >= 11 is 7.52. The van der Waals surface area contributed by atoms with Crippen molar-refractivity contribution in [3.8, 4) is 0 Å². The molecule has 2 aliphatic rings. The van der Waals surface area contributed by atoms with Crippen LogP contribution in [0.15, 0.2) is 24.3 Å². The molecule has 1 aromatic heterocycles. The monoisotopic (exact) mass is 446 g/mol. The molecule has 30 heavy (non-hydrogen) atoms. The average molecular weight is 447 g/mol. The summed E-state index contributed by atoms with van der Waals surface area (Å²) in [4.78, 5) is 29.0. The summed E-state index contributed by atoms with van der Waals surface area (Å²) in [6.45, 7) is 2.50.